The fourth-order valence-electron chi connectivity index (χ4n) is 6.59. The summed E-state index contributed by atoms with van der Waals surface area (Å²) in [5.41, 5.74) is -0.380. The number of nitrogens with zero attached hydrogens (tertiary/aromatic N) is 9. The zero-order chi connectivity index (χ0) is 64.0. The van der Waals surface area contributed by atoms with E-state index in [9.17, 15) is 80.6 Å². The van der Waals surface area contributed by atoms with Crippen molar-refractivity contribution >= 4 is 47.7 Å². The van der Waals surface area contributed by atoms with Gasteiger partial charge in [0.2, 0.25) is 11.8 Å². The van der Waals surface area contributed by atoms with E-state index in [4.69, 9.17) is 18.5 Å². The summed E-state index contributed by atoms with van der Waals surface area (Å²) in [5.74, 6) is -5.17. The average molecular weight is 1260 g/mol. The molecule has 0 bridgehead atoms. The van der Waals surface area contributed by atoms with Crippen LogP contribution in [0.4, 0.5) is 85.5 Å². The summed E-state index contributed by atoms with van der Waals surface area (Å²) in [4.78, 5) is 47.5. The van der Waals surface area contributed by atoms with Crippen LogP contribution in [0.5, 0.6) is 23.0 Å². The first-order chi connectivity index (χ1) is 41.4. The van der Waals surface area contributed by atoms with Crippen molar-refractivity contribution in [3.8, 4) is 29.1 Å². The van der Waals surface area contributed by atoms with Gasteiger partial charge in [0.05, 0.1) is 0 Å². The Labute approximate surface area is 479 Å². The molecule has 4 amide bonds. The standard InChI is InChI=1S/C14H12F3N3O3.C13H10F3N3O3.C11H6F5N3O3.C11H5F3N4O3/c15-14(16,17)23-10-6-2-5-9(7-10)11(21)18-13-20-19-12(22-13)8-3-1-4-8;14-13(15,16)22-9-3-1-2-8(6-9)10(20)17-12-19-18-11(21-12)7-4-5-7;12-7(13)9-18-19-10(21-9)17-8(20)5-2-1-3-6(4-5)22-11(14,15)16;12-11(13,14)21-7-3-1-2-6(4-7)9(19)16-10-18-17-8(5-15)20-10/h2,5-8H,1,3-4H2,(H,18,20,21);1-3,6-7H,4-5H2,(H,17,19,20);1-4,7H,(H,17,19,20);1-4H,(H,16,18,19). The Hall–Kier alpha value is -11.0. The highest BCUT2D eigenvalue weighted by Gasteiger charge is 2.35. The number of amides is 4. The van der Waals surface area contributed by atoms with Crippen LogP contribution in [-0.4, -0.2) is 89.9 Å². The number of anilines is 4. The second kappa shape index (κ2) is 27.8. The van der Waals surface area contributed by atoms with Crippen LogP contribution in [0.15, 0.2) is 115 Å². The van der Waals surface area contributed by atoms with Crippen molar-refractivity contribution in [3.05, 3.63) is 143 Å². The fraction of sp³-hybridized carbons (Fsp3) is 0.245. The number of rotatable bonds is 15. The molecular weight excluding hydrogens is 1230 g/mol. The van der Waals surface area contributed by atoms with Gasteiger partial charge in [-0.25, -0.2) is 0 Å². The van der Waals surface area contributed by atoms with Gasteiger partial charge in [-0.2, -0.15) is 14.0 Å². The minimum absolute atomic E-state index is 0.0184. The van der Waals surface area contributed by atoms with Gasteiger partial charge >= 0.3 is 61.8 Å². The molecule has 0 saturated heterocycles. The van der Waals surface area contributed by atoms with E-state index in [-0.39, 0.29) is 58.0 Å². The van der Waals surface area contributed by atoms with Crippen molar-refractivity contribution in [3.63, 3.8) is 0 Å². The monoisotopic (exact) mass is 1260 g/mol. The number of hydrogen-bond acceptors (Lipinski definition) is 21. The molecule has 2 aliphatic carbocycles. The summed E-state index contributed by atoms with van der Waals surface area (Å²) in [7, 11) is 0. The van der Waals surface area contributed by atoms with Gasteiger partial charge in [0.1, 0.15) is 23.0 Å². The van der Waals surface area contributed by atoms with Gasteiger partial charge < -0.3 is 36.6 Å². The molecule has 25 nitrogen and oxygen atoms in total. The lowest BCUT2D eigenvalue weighted by Gasteiger charge is -2.20. The van der Waals surface area contributed by atoms with Gasteiger partial charge in [0, 0.05) is 34.1 Å². The molecule has 2 saturated carbocycles. The van der Waals surface area contributed by atoms with Gasteiger partial charge in [0.15, 0.2) is 6.07 Å². The van der Waals surface area contributed by atoms with Crippen LogP contribution in [-0.2, 0) is 0 Å². The molecule has 4 N–H and O–H groups in total. The zero-order valence-electron chi connectivity index (χ0n) is 43.2. The molecule has 464 valence electrons. The van der Waals surface area contributed by atoms with Crippen LogP contribution >= 0.6 is 0 Å². The lowest BCUT2D eigenvalue weighted by Crippen LogP contribution is -2.18. The van der Waals surface area contributed by atoms with E-state index in [1.807, 2.05) is 5.32 Å². The molecule has 2 aliphatic rings. The van der Waals surface area contributed by atoms with E-state index < -0.39 is 90.4 Å². The minimum Gasteiger partial charge on any atom is -0.408 e. The SMILES string of the molecule is N#Cc1nnc(NC(=O)c2cccc(OC(F)(F)F)c2)o1.O=C(Nc1nnc(C(F)F)o1)c1cccc(OC(F)(F)F)c1.O=C(Nc1nnc(C2CC2)o1)c1cccc(OC(F)(F)F)c1.O=C(Nc1nnc(C2CCC2)o1)c1cccc(OC(F)(F)F)c1. The topological polar surface area (TPSA) is 333 Å². The van der Waals surface area contributed by atoms with Crippen molar-refractivity contribution in [2.45, 2.75) is 75.8 Å². The maximum Gasteiger partial charge on any atom is 0.573 e. The van der Waals surface area contributed by atoms with E-state index in [0.717, 1.165) is 86.7 Å². The van der Waals surface area contributed by atoms with Crippen LogP contribution in [0.2, 0.25) is 0 Å². The first-order valence-electron chi connectivity index (χ1n) is 24.1. The molecule has 0 aliphatic heterocycles. The lowest BCUT2D eigenvalue weighted by molar-refractivity contribution is -0.275. The Morgan fingerprint density at radius 2 is 0.750 bits per heavy atom. The molecule has 4 aromatic carbocycles. The molecule has 8 aromatic rings. The molecule has 2 fully saturated rings. The number of halogens is 14. The molecule has 39 heteroatoms. The highest BCUT2D eigenvalue weighted by atomic mass is 19.4. The van der Waals surface area contributed by atoms with E-state index in [1.165, 1.54) is 42.5 Å². The van der Waals surface area contributed by atoms with Crippen molar-refractivity contribution in [1.29, 1.82) is 5.26 Å². The third-order valence-electron chi connectivity index (χ3n) is 10.6. The number of nitriles is 1. The Bertz CT molecular complexity index is 3630. The summed E-state index contributed by atoms with van der Waals surface area (Å²) in [5, 5.41) is 45.0. The number of aromatic nitrogens is 8. The van der Waals surface area contributed by atoms with Gasteiger partial charge in [-0.1, -0.05) is 56.2 Å². The van der Waals surface area contributed by atoms with E-state index in [1.54, 1.807) is 6.07 Å². The molecular formula is C49H33F14N13O12. The first kappa shape index (κ1) is 64.6. The van der Waals surface area contributed by atoms with Gasteiger partial charge in [-0.3, -0.25) is 40.4 Å². The van der Waals surface area contributed by atoms with Crippen molar-refractivity contribution in [2.75, 3.05) is 21.3 Å². The van der Waals surface area contributed by atoms with Crippen LogP contribution in [0.3, 0.4) is 0 Å². The Balaban J connectivity index is 0.000000167. The fourth-order valence-corrected chi connectivity index (χ4v) is 6.59. The molecule has 0 atom stereocenters. The van der Waals surface area contributed by atoms with E-state index in [2.05, 4.69) is 80.1 Å². The van der Waals surface area contributed by atoms with Gasteiger partial charge in [0.25, 0.3) is 29.5 Å². The molecule has 4 heterocycles. The second-order valence-corrected chi connectivity index (χ2v) is 17.2. The summed E-state index contributed by atoms with van der Waals surface area (Å²) in [6, 6.07) is 18.4. The zero-order valence-corrected chi connectivity index (χ0v) is 43.2. The number of ether oxygens (including phenoxy) is 4. The summed E-state index contributed by atoms with van der Waals surface area (Å²) >= 11 is 0. The van der Waals surface area contributed by atoms with Crippen molar-refractivity contribution in [2.24, 2.45) is 0 Å². The smallest absolute Gasteiger partial charge is 0.408 e. The second-order valence-electron chi connectivity index (χ2n) is 17.2. The predicted octanol–water partition coefficient (Wildman–Crippen LogP) is 11.8. The van der Waals surface area contributed by atoms with Gasteiger partial charge in [-0.15, -0.1) is 68.0 Å². The summed E-state index contributed by atoms with van der Waals surface area (Å²) in [6.45, 7) is 0. The van der Waals surface area contributed by atoms with E-state index in [0.29, 0.717) is 11.8 Å². The molecule has 0 unspecified atom stereocenters. The van der Waals surface area contributed by atoms with Crippen LogP contribution in [0, 0.1) is 11.3 Å². The lowest BCUT2D eigenvalue weighted by atomic mass is 9.85. The third kappa shape index (κ3) is 21.0. The Morgan fingerprint density at radius 3 is 1.02 bits per heavy atom. The molecule has 0 spiro atoms. The van der Waals surface area contributed by atoms with Crippen LogP contribution < -0.4 is 40.2 Å². The van der Waals surface area contributed by atoms with Gasteiger partial charge in [-0.05, 0) is 98.5 Å². The number of benzene rings is 4. The molecule has 0 radical (unpaired) electrons. The predicted molar refractivity (Wildman–Crippen MR) is 260 cm³/mol. The van der Waals surface area contributed by atoms with E-state index >= 15 is 0 Å². The largest absolute Gasteiger partial charge is 0.573 e. The van der Waals surface area contributed by atoms with Crippen molar-refractivity contribution in [1.82, 2.24) is 40.8 Å². The maximum atomic E-state index is 12.2. The summed E-state index contributed by atoms with van der Waals surface area (Å²) < 4.78 is 204. The quantitative estimate of drug-likeness (QED) is 0.0693. The van der Waals surface area contributed by atoms with Crippen LogP contribution in [0.25, 0.3) is 0 Å². The number of carbonyl (C=O) groups excluding carboxylic acids is 4. The maximum absolute atomic E-state index is 12.2. The Kier molecular flexibility index (Phi) is 20.4. The summed E-state index contributed by atoms with van der Waals surface area (Å²) in [6.07, 6.45) is -17.5. The average Bonchev–Trinajstić information content (AvgIpc) is 3.39. The molecule has 10 rings (SSSR count). The highest BCUT2D eigenvalue weighted by Crippen LogP contribution is 2.40. The third-order valence-corrected chi connectivity index (χ3v) is 10.6. The minimum atomic E-state index is -4.91. The Morgan fingerprint density at radius 1 is 0.443 bits per heavy atom. The normalized spacial score (nSPS) is 13.1. The highest BCUT2D eigenvalue weighted by molar-refractivity contribution is 6.05. The van der Waals surface area contributed by atoms with Crippen LogP contribution in [0.1, 0.15) is 115 Å². The molecule has 88 heavy (non-hydrogen) atoms. The number of nitrogens with one attached hydrogen (secondary N) is 4. The number of carbonyl (C=O) groups is 4. The van der Waals surface area contributed by atoms with Crippen molar-refractivity contribution < 1.29 is 117 Å². The molecule has 4 aromatic heterocycles. The number of hydrogen-bond donors (Lipinski definition) is 4. The number of alkyl halides is 14. The first-order valence-corrected chi connectivity index (χ1v) is 24.1.